The fourth-order valence-electron chi connectivity index (χ4n) is 4.46. The minimum absolute atomic E-state index is 0.00286. The van der Waals surface area contributed by atoms with E-state index < -0.39 is 0 Å². The summed E-state index contributed by atoms with van der Waals surface area (Å²) in [6, 6.07) is 14.1. The summed E-state index contributed by atoms with van der Waals surface area (Å²) in [5, 5.41) is 0. The Labute approximate surface area is 178 Å². The number of rotatable bonds is 4. The van der Waals surface area contributed by atoms with Gasteiger partial charge in [0.05, 0.1) is 13.1 Å². The molecule has 0 spiro atoms. The molecule has 0 radical (unpaired) electrons. The second-order valence-corrected chi connectivity index (χ2v) is 8.47. The average molecular weight is 407 g/mol. The van der Waals surface area contributed by atoms with E-state index in [0.717, 1.165) is 53.8 Å². The van der Waals surface area contributed by atoms with E-state index in [4.69, 9.17) is 4.74 Å². The molecule has 0 N–H and O–H groups in total. The number of aryl methyl sites for hydroxylation is 1. The Bertz CT molecular complexity index is 916. The Kier molecular flexibility index (Phi) is 6.07. The summed E-state index contributed by atoms with van der Waals surface area (Å²) in [6.45, 7) is 5.84. The van der Waals surface area contributed by atoms with Crippen LogP contribution >= 0.6 is 0 Å². The Hall–Kier alpha value is -2.82. The maximum Gasteiger partial charge on any atom is 0.226 e. The predicted molar refractivity (Wildman–Crippen MR) is 117 cm³/mol. The highest BCUT2D eigenvalue weighted by Crippen LogP contribution is 2.30. The number of hydrogen-bond donors (Lipinski definition) is 0. The van der Waals surface area contributed by atoms with Crippen LogP contribution in [0.2, 0.25) is 0 Å². The number of carbonyl (C=O) groups is 2. The van der Waals surface area contributed by atoms with Gasteiger partial charge in [0.25, 0.3) is 0 Å². The first kappa shape index (κ1) is 20.5. The normalized spacial score (nSPS) is 16.5. The topological polar surface area (TPSA) is 49.9 Å². The highest BCUT2D eigenvalue weighted by Gasteiger charge is 2.29. The molecule has 0 unspecified atom stereocenters. The zero-order valence-electron chi connectivity index (χ0n) is 17.9. The molecule has 2 aliphatic rings. The molecule has 2 amide bonds. The van der Waals surface area contributed by atoms with E-state index in [1.807, 2.05) is 48.2 Å². The van der Waals surface area contributed by atoms with Crippen LogP contribution in [0.5, 0.6) is 5.75 Å². The van der Waals surface area contributed by atoms with Crippen LogP contribution in [0, 0.1) is 12.8 Å². The first-order valence-electron chi connectivity index (χ1n) is 10.9. The van der Waals surface area contributed by atoms with Crippen molar-refractivity contribution in [1.82, 2.24) is 4.90 Å². The van der Waals surface area contributed by atoms with Crippen molar-refractivity contribution in [3.8, 4) is 5.75 Å². The van der Waals surface area contributed by atoms with Crippen molar-refractivity contribution in [3.63, 3.8) is 0 Å². The first-order valence-corrected chi connectivity index (χ1v) is 10.9. The van der Waals surface area contributed by atoms with Crippen LogP contribution in [0.25, 0.3) is 0 Å². The third-order valence-electron chi connectivity index (χ3n) is 6.19. The number of nitrogens with zero attached hydrogens (tertiary/aromatic N) is 2. The van der Waals surface area contributed by atoms with Gasteiger partial charge in [-0.2, -0.15) is 0 Å². The number of ether oxygens (including phenoxy) is 1. The van der Waals surface area contributed by atoms with Crippen molar-refractivity contribution in [2.75, 3.05) is 18.1 Å². The van der Waals surface area contributed by atoms with Gasteiger partial charge in [0.1, 0.15) is 12.4 Å². The first-order chi connectivity index (χ1) is 14.5. The molecule has 1 aliphatic carbocycles. The van der Waals surface area contributed by atoms with E-state index in [-0.39, 0.29) is 17.7 Å². The summed E-state index contributed by atoms with van der Waals surface area (Å²) in [5.41, 5.74) is 4.10. The molecule has 0 atom stereocenters. The predicted octanol–water partition coefficient (Wildman–Crippen LogP) is 4.46. The van der Waals surface area contributed by atoms with Gasteiger partial charge in [0, 0.05) is 30.6 Å². The number of hydrogen-bond acceptors (Lipinski definition) is 3. The zero-order chi connectivity index (χ0) is 21.1. The van der Waals surface area contributed by atoms with Crippen LogP contribution in [0.3, 0.4) is 0 Å². The Morgan fingerprint density at radius 3 is 2.53 bits per heavy atom. The number of amides is 2. The maximum absolute atomic E-state index is 12.9. The van der Waals surface area contributed by atoms with Gasteiger partial charge in [-0.15, -0.1) is 0 Å². The molecule has 2 aromatic rings. The molecule has 158 valence electrons. The lowest BCUT2D eigenvalue weighted by molar-refractivity contribution is -0.136. The summed E-state index contributed by atoms with van der Waals surface area (Å²) >= 11 is 0. The highest BCUT2D eigenvalue weighted by molar-refractivity contribution is 5.91. The van der Waals surface area contributed by atoms with E-state index in [9.17, 15) is 9.59 Å². The molecule has 1 fully saturated rings. The summed E-state index contributed by atoms with van der Waals surface area (Å²) in [7, 11) is 0. The zero-order valence-corrected chi connectivity index (χ0v) is 17.9. The van der Waals surface area contributed by atoms with Crippen LogP contribution in [-0.4, -0.2) is 29.9 Å². The minimum atomic E-state index is 0.00286. The van der Waals surface area contributed by atoms with Gasteiger partial charge >= 0.3 is 0 Å². The lowest BCUT2D eigenvalue weighted by Crippen LogP contribution is -2.36. The van der Waals surface area contributed by atoms with Gasteiger partial charge in [-0.25, -0.2) is 0 Å². The minimum Gasteiger partial charge on any atom is -0.491 e. The number of fused-ring (bicyclic) bond motifs is 1. The summed E-state index contributed by atoms with van der Waals surface area (Å²) < 4.78 is 5.92. The quantitative estimate of drug-likeness (QED) is 0.753. The van der Waals surface area contributed by atoms with Gasteiger partial charge in [-0.1, -0.05) is 36.6 Å². The van der Waals surface area contributed by atoms with Crippen LogP contribution in [0.4, 0.5) is 5.69 Å². The Morgan fingerprint density at radius 2 is 1.83 bits per heavy atom. The van der Waals surface area contributed by atoms with Crippen molar-refractivity contribution < 1.29 is 14.3 Å². The van der Waals surface area contributed by atoms with Crippen LogP contribution < -0.4 is 9.64 Å². The molecule has 1 aliphatic heterocycles. The van der Waals surface area contributed by atoms with Gasteiger partial charge in [0.2, 0.25) is 11.8 Å². The van der Waals surface area contributed by atoms with E-state index in [1.54, 1.807) is 11.8 Å². The van der Waals surface area contributed by atoms with Crippen LogP contribution in [0.1, 0.15) is 49.3 Å². The Morgan fingerprint density at radius 1 is 1.10 bits per heavy atom. The number of anilines is 1. The van der Waals surface area contributed by atoms with E-state index in [2.05, 4.69) is 6.07 Å². The van der Waals surface area contributed by atoms with Crippen molar-refractivity contribution in [2.24, 2.45) is 5.92 Å². The molecule has 0 saturated heterocycles. The smallest absolute Gasteiger partial charge is 0.226 e. The lowest BCUT2D eigenvalue weighted by Gasteiger charge is -2.24. The molecular formula is C25H30N2O3. The molecule has 4 rings (SSSR count). The highest BCUT2D eigenvalue weighted by atomic mass is 16.5. The largest absolute Gasteiger partial charge is 0.491 e. The van der Waals surface area contributed by atoms with Gasteiger partial charge in [-0.3, -0.25) is 9.59 Å². The fourth-order valence-corrected chi connectivity index (χ4v) is 4.46. The van der Waals surface area contributed by atoms with Crippen molar-refractivity contribution in [3.05, 3.63) is 59.2 Å². The van der Waals surface area contributed by atoms with E-state index in [0.29, 0.717) is 26.2 Å². The molecule has 0 aromatic heterocycles. The van der Waals surface area contributed by atoms with Crippen molar-refractivity contribution >= 4 is 17.5 Å². The molecule has 2 aromatic carbocycles. The van der Waals surface area contributed by atoms with E-state index in [1.165, 1.54) is 0 Å². The van der Waals surface area contributed by atoms with Gasteiger partial charge in [-0.05, 0) is 49.6 Å². The molecule has 5 heteroatoms. The van der Waals surface area contributed by atoms with E-state index >= 15 is 0 Å². The van der Waals surface area contributed by atoms with Crippen LogP contribution in [-0.2, 0) is 22.7 Å². The van der Waals surface area contributed by atoms with Gasteiger partial charge < -0.3 is 14.5 Å². The van der Waals surface area contributed by atoms with Gasteiger partial charge in [0.15, 0.2) is 0 Å². The standard InChI is InChI=1S/C25H30N2O3/c1-18-7-10-23(11-8-18)27(19(2)28)16-20-9-12-24-22(15-20)17-26(13-14-30-24)25(29)21-5-3-4-6-21/h7-12,15,21H,3-6,13-14,16-17H2,1-2H3. The van der Waals surface area contributed by atoms with Crippen LogP contribution in [0.15, 0.2) is 42.5 Å². The summed E-state index contributed by atoms with van der Waals surface area (Å²) in [5.74, 6) is 1.28. The second kappa shape index (κ2) is 8.90. The number of benzene rings is 2. The second-order valence-electron chi connectivity index (χ2n) is 8.47. The molecular weight excluding hydrogens is 376 g/mol. The van der Waals surface area contributed by atoms with Crippen molar-refractivity contribution in [2.45, 2.75) is 52.6 Å². The Balaban J connectivity index is 1.54. The molecule has 0 bridgehead atoms. The molecule has 5 nitrogen and oxygen atoms in total. The summed E-state index contributed by atoms with van der Waals surface area (Å²) in [4.78, 5) is 29.0. The van der Waals surface area contributed by atoms with Crippen molar-refractivity contribution in [1.29, 1.82) is 0 Å². The molecule has 1 heterocycles. The molecule has 1 saturated carbocycles. The number of carbonyl (C=O) groups excluding carboxylic acids is 2. The monoisotopic (exact) mass is 406 g/mol. The summed E-state index contributed by atoms with van der Waals surface area (Å²) in [6.07, 6.45) is 4.32. The fraction of sp³-hybridized carbons (Fsp3) is 0.440. The molecule has 30 heavy (non-hydrogen) atoms. The maximum atomic E-state index is 12.9. The average Bonchev–Trinajstić information content (AvgIpc) is 3.19. The third kappa shape index (κ3) is 4.50. The lowest BCUT2D eigenvalue weighted by atomic mass is 10.0. The SMILES string of the molecule is CC(=O)N(Cc1ccc2c(c1)CN(C(=O)C1CCCC1)CCO2)c1ccc(C)cc1. The third-order valence-corrected chi connectivity index (χ3v) is 6.19.